The molecular weight excluding hydrogens is 384 g/mol. The summed E-state index contributed by atoms with van der Waals surface area (Å²) in [6, 6.07) is 7.46. The van der Waals surface area contributed by atoms with Crippen LogP contribution in [-0.4, -0.2) is 58.9 Å². The average Bonchev–Trinajstić information content (AvgIpc) is 3.06. The predicted molar refractivity (Wildman–Crippen MR) is 112 cm³/mol. The van der Waals surface area contributed by atoms with E-state index in [4.69, 9.17) is 9.26 Å². The Morgan fingerprint density at radius 2 is 1.97 bits per heavy atom. The van der Waals surface area contributed by atoms with E-state index in [1.54, 1.807) is 32.3 Å². The Labute approximate surface area is 174 Å². The highest BCUT2D eigenvalue weighted by atomic mass is 16.5. The molecule has 3 aromatic heterocycles. The molecule has 1 fully saturated rings. The maximum absolute atomic E-state index is 11.8. The summed E-state index contributed by atoms with van der Waals surface area (Å²) < 4.78 is 10.4. The Kier molecular flexibility index (Phi) is 5.87. The second-order valence-electron chi connectivity index (χ2n) is 6.97. The molecule has 9 nitrogen and oxygen atoms in total. The summed E-state index contributed by atoms with van der Waals surface area (Å²) in [5, 5.41) is 3.90. The number of hydrogen-bond donors (Lipinski definition) is 0. The third-order valence-electron chi connectivity index (χ3n) is 4.92. The van der Waals surface area contributed by atoms with E-state index < -0.39 is 0 Å². The van der Waals surface area contributed by atoms with Crippen molar-refractivity contribution in [2.45, 2.75) is 20.3 Å². The summed E-state index contributed by atoms with van der Waals surface area (Å²) in [5.41, 5.74) is 1.30. The molecule has 156 valence electrons. The quantitative estimate of drug-likeness (QED) is 0.590. The van der Waals surface area contributed by atoms with Crippen LogP contribution in [0.4, 0.5) is 11.6 Å². The Balaban J connectivity index is 1.48. The van der Waals surface area contributed by atoms with Crippen LogP contribution in [-0.2, 0) is 4.74 Å². The standard InChI is InChI=1S/C21H24N6O3/c1-3-29-21(28)16-7-8-18(23-14-16)26-10-5-11-27(13-12-26)19-17(6-4-9-22-19)20-24-15(2)25-30-20/h4,6-9,14H,3,5,10-13H2,1-2H3. The molecule has 0 aromatic carbocycles. The molecule has 4 rings (SSSR count). The van der Waals surface area contributed by atoms with E-state index in [0.717, 1.165) is 49.8 Å². The highest BCUT2D eigenvalue weighted by Gasteiger charge is 2.22. The van der Waals surface area contributed by atoms with Crippen molar-refractivity contribution in [3.63, 3.8) is 0 Å². The number of carbonyl (C=O) groups excluding carboxylic acids is 1. The third-order valence-corrected chi connectivity index (χ3v) is 4.92. The molecule has 0 spiro atoms. The summed E-state index contributed by atoms with van der Waals surface area (Å²) in [4.78, 5) is 29.7. The van der Waals surface area contributed by atoms with Crippen LogP contribution in [0.15, 0.2) is 41.2 Å². The van der Waals surface area contributed by atoms with Crippen LogP contribution in [0, 0.1) is 6.92 Å². The van der Waals surface area contributed by atoms with Gasteiger partial charge in [-0.1, -0.05) is 5.16 Å². The minimum atomic E-state index is -0.350. The average molecular weight is 408 g/mol. The van der Waals surface area contributed by atoms with E-state index in [0.29, 0.717) is 23.9 Å². The Morgan fingerprint density at radius 1 is 1.13 bits per heavy atom. The number of nitrogens with zero attached hydrogens (tertiary/aromatic N) is 6. The number of aryl methyl sites for hydroxylation is 1. The van der Waals surface area contributed by atoms with Gasteiger partial charge in [0.15, 0.2) is 5.82 Å². The maximum atomic E-state index is 11.8. The zero-order valence-corrected chi connectivity index (χ0v) is 17.1. The largest absolute Gasteiger partial charge is 0.462 e. The molecule has 0 unspecified atom stereocenters. The number of esters is 1. The van der Waals surface area contributed by atoms with Crippen molar-refractivity contribution in [3.05, 3.63) is 48.0 Å². The monoisotopic (exact) mass is 408 g/mol. The second-order valence-corrected chi connectivity index (χ2v) is 6.97. The van der Waals surface area contributed by atoms with Crippen LogP contribution >= 0.6 is 0 Å². The van der Waals surface area contributed by atoms with E-state index in [1.165, 1.54) is 0 Å². The lowest BCUT2D eigenvalue weighted by Crippen LogP contribution is -2.31. The molecule has 0 saturated carbocycles. The lowest BCUT2D eigenvalue weighted by Gasteiger charge is -2.24. The van der Waals surface area contributed by atoms with Gasteiger partial charge in [-0.25, -0.2) is 14.8 Å². The van der Waals surface area contributed by atoms with Crippen molar-refractivity contribution in [1.29, 1.82) is 0 Å². The van der Waals surface area contributed by atoms with Gasteiger partial charge >= 0.3 is 5.97 Å². The maximum Gasteiger partial charge on any atom is 0.339 e. The van der Waals surface area contributed by atoms with Gasteiger partial charge in [0.25, 0.3) is 5.89 Å². The van der Waals surface area contributed by atoms with Gasteiger partial charge in [0.2, 0.25) is 0 Å². The van der Waals surface area contributed by atoms with E-state index in [2.05, 4.69) is 29.9 Å². The van der Waals surface area contributed by atoms with Crippen molar-refractivity contribution in [2.75, 3.05) is 42.6 Å². The van der Waals surface area contributed by atoms with E-state index in [9.17, 15) is 4.79 Å². The second kappa shape index (κ2) is 8.89. The fourth-order valence-corrected chi connectivity index (χ4v) is 3.49. The van der Waals surface area contributed by atoms with Gasteiger partial charge in [-0.2, -0.15) is 4.98 Å². The Bertz CT molecular complexity index is 1000. The van der Waals surface area contributed by atoms with Gasteiger partial charge in [0.1, 0.15) is 11.6 Å². The van der Waals surface area contributed by atoms with Gasteiger partial charge in [0, 0.05) is 38.6 Å². The zero-order chi connectivity index (χ0) is 20.9. The van der Waals surface area contributed by atoms with Crippen LogP contribution in [0.3, 0.4) is 0 Å². The van der Waals surface area contributed by atoms with Crippen molar-refractivity contribution < 1.29 is 14.1 Å². The van der Waals surface area contributed by atoms with Crippen molar-refractivity contribution >= 4 is 17.6 Å². The molecule has 1 aliphatic rings. The third kappa shape index (κ3) is 4.24. The first-order valence-corrected chi connectivity index (χ1v) is 10.0. The molecule has 1 aliphatic heterocycles. The first-order valence-electron chi connectivity index (χ1n) is 10.0. The first kappa shape index (κ1) is 19.8. The molecule has 0 bridgehead atoms. The number of carbonyl (C=O) groups is 1. The summed E-state index contributed by atoms with van der Waals surface area (Å²) in [6.07, 6.45) is 4.30. The highest BCUT2D eigenvalue weighted by molar-refractivity contribution is 5.89. The van der Waals surface area contributed by atoms with Gasteiger partial charge in [-0.05, 0) is 44.5 Å². The SMILES string of the molecule is CCOC(=O)c1ccc(N2CCCN(c3ncccc3-c3nc(C)no3)CC2)nc1. The predicted octanol–water partition coefficient (Wildman–Crippen LogP) is 2.73. The van der Waals surface area contributed by atoms with Crippen LogP contribution in [0.1, 0.15) is 29.5 Å². The molecule has 4 heterocycles. The topological polar surface area (TPSA) is 97.5 Å². The van der Waals surface area contributed by atoms with Gasteiger partial charge in [-0.3, -0.25) is 0 Å². The van der Waals surface area contributed by atoms with Gasteiger partial charge < -0.3 is 19.1 Å². The van der Waals surface area contributed by atoms with Crippen LogP contribution in [0.25, 0.3) is 11.5 Å². The number of ether oxygens (including phenoxy) is 1. The van der Waals surface area contributed by atoms with Crippen molar-refractivity contribution in [1.82, 2.24) is 20.1 Å². The number of hydrogen-bond acceptors (Lipinski definition) is 9. The Morgan fingerprint density at radius 3 is 2.70 bits per heavy atom. The van der Waals surface area contributed by atoms with Crippen molar-refractivity contribution in [2.24, 2.45) is 0 Å². The van der Waals surface area contributed by atoms with Gasteiger partial charge in [0.05, 0.1) is 17.7 Å². The van der Waals surface area contributed by atoms with Crippen LogP contribution in [0.2, 0.25) is 0 Å². The van der Waals surface area contributed by atoms with Gasteiger partial charge in [-0.15, -0.1) is 0 Å². The minimum absolute atomic E-state index is 0.348. The summed E-state index contributed by atoms with van der Waals surface area (Å²) in [7, 11) is 0. The fraction of sp³-hybridized carbons (Fsp3) is 0.381. The van der Waals surface area contributed by atoms with E-state index >= 15 is 0 Å². The summed E-state index contributed by atoms with van der Waals surface area (Å²) in [6.45, 7) is 7.21. The molecule has 0 aliphatic carbocycles. The molecular formula is C21H24N6O3. The molecule has 30 heavy (non-hydrogen) atoms. The molecule has 9 heteroatoms. The minimum Gasteiger partial charge on any atom is -0.462 e. The van der Waals surface area contributed by atoms with E-state index in [1.807, 2.05) is 18.2 Å². The normalized spacial score (nSPS) is 14.5. The highest BCUT2D eigenvalue weighted by Crippen LogP contribution is 2.28. The fourth-order valence-electron chi connectivity index (χ4n) is 3.49. The van der Waals surface area contributed by atoms with Crippen LogP contribution < -0.4 is 9.80 Å². The number of anilines is 2. The summed E-state index contributed by atoms with van der Waals surface area (Å²) >= 11 is 0. The van der Waals surface area contributed by atoms with Crippen LogP contribution in [0.5, 0.6) is 0 Å². The zero-order valence-electron chi connectivity index (χ0n) is 17.1. The summed E-state index contributed by atoms with van der Waals surface area (Å²) in [5.74, 6) is 2.41. The molecule has 3 aromatic rings. The Hall–Kier alpha value is -3.49. The molecule has 0 atom stereocenters. The number of pyridine rings is 2. The molecule has 0 N–H and O–H groups in total. The number of aromatic nitrogens is 4. The smallest absolute Gasteiger partial charge is 0.339 e. The first-order chi connectivity index (χ1) is 14.7. The molecule has 0 radical (unpaired) electrons. The lowest BCUT2D eigenvalue weighted by atomic mass is 10.2. The molecule has 0 amide bonds. The van der Waals surface area contributed by atoms with Crippen molar-refractivity contribution in [3.8, 4) is 11.5 Å². The number of rotatable bonds is 5. The lowest BCUT2D eigenvalue weighted by molar-refractivity contribution is 0.0526. The molecule has 1 saturated heterocycles. The van der Waals surface area contributed by atoms with E-state index in [-0.39, 0.29) is 5.97 Å².